The Labute approximate surface area is 183 Å². The van der Waals surface area contributed by atoms with E-state index in [1.807, 2.05) is 18.2 Å². The van der Waals surface area contributed by atoms with Crippen molar-refractivity contribution in [2.75, 3.05) is 26.8 Å². The molecule has 1 aliphatic rings. The number of hydrogen-bond donors (Lipinski definition) is 0. The van der Waals surface area contributed by atoms with Gasteiger partial charge in [0.2, 0.25) is 10.0 Å². The third-order valence-electron chi connectivity index (χ3n) is 4.72. The second kappa shape index (κ2) is 9.47. The molecule has 0 bridgehead atoms. The Bertz CT molecular complexity index is 1010. The lowest BCUT2D eigenvalue weighted by Gasteiger charge is -2.22. The minimum absolute atomic E-state index is 0.0269. The van der Waals surface area contributed by atoms with Crippen molar-refractivity contribution < 1.29 is 22.7 Å². The first-order chi connectivity index (χ1) is 13.8. The van der Waals surface area contributed by atoms with Crippen LogP contribution in [-0.4, -0.2) is 45.5 Å². The maximum Gasteiger partial charge on any atom is 0.321 e. The first-order valence-electron chi connectivity index (χ1n) is 9.08. The molecule has 3 rings (SSSR count). The first kappa shape index (κ1) is 22.1. The summed E-state index contributed by atoms with van der Waals surface area (Å²) in [4.78, 5) is 11.7. The van der Waals surface area contributed by atoms with Crippen LogP contribution in [0.15, 0.2) is 45.8 Å². The second-order valence-corrected chi connectivity index (χ2v) is 9.85. The van der Waals surface area contributed by atoms with Gasteiger partial charge in [-0.15, -0.1) is 0 Å². The number of hydrogen-bond acceptors (Lipinski definition) is 5. The van der Waals surface area contributed by atoms with Crippen LogP contribution >= 0.6 is 27.5 Å². The molecule has 0 saturated carbocycles. The molecule has 0 N–H and O–H groups in total. The van der Waals surface area contributed by atoms with Crippen LogP contribution in [0.3, 0.4) is 0 Å². The molecule has 0 unspecified atom stereocenters. The molecule has 0 amide bonds. The van der Waals surface area contributed by atoms with E-state index in [9.17, 15) is 13.2 Å². The van der Waals surface area contributed by atoms with Gasteiger partial charge in [-0.25, -0.2) is 8.42 Å². The Morgan fingerprint density at radius 2 is 1.93 bits per heavy atom. The quantitative estimate of drug-likeness (QED) is 0.513. The number of fused-ring (bicyclic) bond motifs is 1. The van der Waals surface area contributed by atoms with Crippen LogP contribution in [0.25, 0.3) is 0 Å². The minimum atomic E-state index is -4.02. The summed E-state index contributed by atoms with van der Waals surface area (Å²) in [6.45, 7) is -0.372. The van der Waals surface area contributed by atoms with Gasteiger partial charge in [0.15, 0.2) is 0 Å². The highest BCUT2D eigenvalue weighted by Crippen LogP contribution is 2.28. The molecule has 0 spiro atoms. The van der Waals surface area contributed by atoms with E-state index in [0.717, 1.165) is 23.6 Å². The number of benzene rings is 2. The van der Waals surface area contributed by atoms with Gasteiger partial charge in [0, 0.05) is 11.0 Å². The number of esters is 1. The summed E-state index contributed by atoms with van der Waals surface area (Å²) < 4.78 is 38.2. The van der Waals surface area contributed by atoms with Gasteiger partial charge in [-0.05, 0) is 60.7 Å². The third-order valence-corrected chi connectivity index (χ3v) is 7.55. The molecule has 156 valence electrons. The van der Waals surface area contributed by atoms with Crippen LogP contribution < -0.4 is 4.74 Å². The van der Waals surface area contributed by atoms with Crippen molar-refractivity contribution >= 4 is 43.5 Å². The number of halogens is 2. The summed E-state index contributed by atoms with van der Waals surface area (Å²) >= 11 is 9.38. The average Bonchev–Trinajstić information content (AvgIpc) is 3.14. The first-order valence-corrected chi connectivity index (χ1v) is 11.7. The Morgan fingerprint density at radius 3 is 2.66 bits per heavy atom. The minimum Gasteiger partial charge on any atom is -0.492 e. The van der Waals surface area contributed by atoms with E-state index in [0.29, 0.717) is 10.2 Å². The number of aryl methyl sites for hydroxylation is 2. The van der Waals surface area contributed by atoms with Crippen LogP contribution in [0.4, 0.5) is 0 Å². The topological polar surface area (TPSA) is 72.9 Å². The van der Waals surface area contributed by atoms with Crippen LogP contribution in [0.1, 0.15) is 17.5 Å². The van der Waals surface area contributed by atoms with Crippen LogP contribution in [0, 0.1) is 0 Å². The highest BCUT2D eigenvalue weighted by Gasteiger charge is 2.29. The van der Waals surface area contributed by atoms with E-state index in [2.05, 4.69) is 20.7 Å². The predicted molar refractivity (Wildman–Crippen MR) is 114 cm³/mol. The molecule has 0 atom stereocenters. The number of nitrogens with zero attached hydrogens (tertiary/aromatic N) is 1. The van der Waals surface area contributed by atoms with E-state index >= 15 is 0 Å². The van der Waals surface area contributed by atoms with Gasteiger partial charge < -0.3 is 9.47 Å². The zero-order valence-electron chi connectivity index (χ0n) is 15.9. The van der Waals surface area contributed by atoms with Crippen molar-refractivity contribution in [2.45, 2.75) is 24.2 Å². The summed E-state index contributed by atoms with van der Waals surface area (Å²) in [5, 5.41) is 0.0637. The number of carbonyl (C=O) groups is 1. The van der Waals surface area contributed by atoms with Gasteiger partial charge in [-0.1, -0.05) is 33.6 Å². The fraction of sp³-hybridized carbons (Fsp3) is 0.350. The fourth-order valence-corrected chi connectivity index (χ4v) is 5.60. The Hall–Kier alpha value is -1.61. The van der Waals surface area contributed by atoms with Crippen molar-refractivity contribution in [1.82, 2.24) is 4.31 Å². The molecule has 6 nitrogen and oxygen atoms in total. The molecular formula is C20H21BrClNO5S. The van der Waals surface area contributed by atoms with Crippen LogP contribution in [-0.2, 0) is 32.4 Å². The molecule has 0 aliphatic heterocycles. The summed E-state index contributed by atoms with van der Waals surface area (Å²) in [5.74, 6) is 0.0158. The van der Waals surface area contributed by atoms with Gasteiger partial charge in [-0.3, -0.25) is 4.79 Å². The highest BCUT2D eigenvalue weighted by atomic mass is 79.9. The summed E-state index contributed by atoms with van der Waals surface area (Å²) in [6, 6.07) is 10.4. The largest absolute Gasteiger partial charge is 0.492 e. The Morgan fingerprint density at radius 1 is 1.17 bits per heavy atom. The van der Waals surface area contributed by atoms with E-state index in [1.54, 1.807) is 6.07 Å². The molecule has 29 heavy (non-hydrogen) atoms. The highest BCUT2D eigenvalue weighted by molar-refractivity contribution is 9.10. The normalized spacial score (nSPS) is 13.4. The maximum absolute atomic E-state index is 13.1. The van der Waals surface area contributed by atoms with Crippen molar-refractivity contribution in [3.05, 3.63) is 57.0 Å². The summed E-state index contributed by atoms with van der Waals surface area (Å²) in [6.07, 6.45) is 3.24. The lowest BCUT2D eigenvalue weighted by Crippen LogP contribution is -2.39. The van der Waals surface area contributed by atoms with Crippen molar-refractivity contribution in [3.8, 4) is 5.75 Å². The Balaban J connectivity index is 1.75. The number of ether oxygens (including phenoxy) is 2. The molecule has 0 aromatic heterocycles. The molecule has 0 saturated heterocycles. The number of carbonyl (C=O) groups excluding carboxylic acids is 1. The lowest BCUT2D eigenvalue weighted by molar-refractivity contribution is -0.140. The SMILES string of the molecule is COC(=O)CN(CCOc1ccc2c(c1)CCC2)S(=O)(=O)c1ccc(Br)cc1Cl. The van der Waals surface area contributed by atoms with Crippen LogP contribution in [0.5, 0.6) is 5.75 Å². The van der Waals surface area contributed by atoms with E-state index in [-0.39, 0.29) is 23.1 Å². The molecular weight excluding hydrogens is 482 g/mol. The number of sulfonamides is 1. The molecule has 1 aliphatic carbocycles. The molecule has 0 fully saturated rings. The number of methoxy groups -OCH3 is 1. The fourth-order valence-electron chi connectivity index (χ4n) is 3.22. The molecule has 2 aromatic carbocycles. The Kier molecular flexibility index (Phi) is 7.21. The lowest BCUT2D eigenvalue weighted by atomic mass is 10.1. The third kappa shape index (κ3) is 5.31. The van der Waals surface area contributed by atoms with Gasteiger partial charge >= 0.3 is 5.97 Å². The van der Waals surface area contributed by atoms with E-state index in [4.69, 9.17) is 16.3 Å². The molecule has 2 aromatic rings. The van der Waals surface area contributed by atoms with Gasteiger partial charge in [0.25, 0.3) is 0 Å². The zero-order chi connectivity index (χ0) is 21.0. The standard InChI is InChI=1S/C20H21BrClNO5S/c1-27-20(24)13-23(29(25,26)19-8-6-16(21)12-18(19)22)9-10-28-17-7-5-14-3-2-4-15(14)11-17/h5-8,11-12H,2-4,9-10,13H2,1H3. The van der Waals surface area contributed by atoms with Gasteiger partial charge in [0.1, 0.15) is 23.8 Å². The molecule has 9 heteroatoms. The number of rotatable bonds is 8. The maximum atomic E-state index is 13.1. The van der Waals surface area contributed by atoms with Gasteiger partial charge in [0.05, 0.1) is 12.1 Å². The summed E-state index contributed by atoms with van der Waals surface area (Å²) in [5.41, 5.74) is 2.60. The van der Waals surface area contributed by atoms with Crippen LogP contribution in [0.2, 0.25) is 5.02 Å². The second-order valence-electron chi connectivity index (χ2n) is 6.62. The monoisotopic (exact) mass is 501 g/mol. The van der Waals surface area contributed by atoms with Crippen molar-refractivity contribution in [3.63, 3.8) is 0 Å². The summed E-state index contributed by atoms with van der Waals surface area (Å²) in [7, 11) is -2.81. The smallest absolute Gasteiger partial charge is 0.321 e. The van der Waals surface area contributed by atoms with E-state index < -0.39 is 22.5 Å². The van der Waals surface area contributed by atoms with Crippen molar-refractivity contribution in [1.29, 1.82) is 0 Å². The van der Waals surface area contributed by atoms with Crippen molar-refractivity contribution in [2.24, 2.45) is 0 Å². The van der Waals surface area contributed by atoms with E-state index in [1.165, 1.54) is 30.4 Å². The van der Waals surface area contributed by atoms with Gasteiger partial charge in [-0.2, -0.15) is 4.31 Å². The predicted octanol–water partition coefficient (Wildman–Crippen LogP) is 3.83. The zero-order valence-corrected chi connectivity index (χ0v) is 19.0. The molecule has 0 radical (unpaired) electrons. The average molecular weight is 503 g/mol. The molecule has 0 heterocycles.